The molecule has 2 amide bonds. The van der Waals surface area contributed by atoms with Crippen molar-refractivity contribution in [3.63, 3.8) is 0 Å². The van der Waals surface area contributed by atoms with Gasteiger partial charge in [0.2, 0.25) is 0 Å². The Kier molecular flexibility index (Phi) is 3.99. The van der Waals surface area contributed by atoms with E-state index in [0.717, 1.165) is 68.8 Å². The number of carbonyl (C=O) groups excluding carboxylic acids is 1. The average molecular weight is 388 g/mol. The number of carbonyl (C=O) groups is 1. The molecular formula is C21H33N5O2. The minimum Gasteiger partial charge on any atom is -0.390 e. The van der Waals surface area contributed by atoms with Crippen molar-refractivity contribution in [2.75, 3.05) is 13.1 Å². The number of amidine groups is 1. The molecule has 3 saturated carbocycles. The van der Waals surface area contributed by atoms with E-state index in [2.05, 4.69) is 31.4 Å². The molecule has 28 heavy (non-hydrogen) atoms. The van der Waals surface area contributed by atoms with Gasteiger partial charge in [-0.3, -0.25) is 9.80 Å². The van der Waals surface area contributed by atoms with Crippen LogP contribution < -0.4 is 10.6 Å². The molecule has 154 valence electrons. The Balaban J connectivity index is 1.50. The number of amides is 2. The first-order valence-corrected chi connectivity index (χ1v) is 11.0. The lowest BCUT2D eigenvalue weighted by Crippen LogP contribution is -2.54. The van der Waals surface area contributed by atoms with Gasteiger partial charge in [-0.25, -0.2) is 9.79 Å². The van der Waals surface area contributed by atoms with E-state index in [1.165, 1.54) is 0 Å². The molecule has 3 N–H and O–H groups in total. The summed E-state index contributed by atoms with van der Waals surface area (Å²) in [6, 6.07) is 0.351. The van der Waals surface area contributed by atoms with Crippen LogP contribution in [0.3, 0.4) is 0 Å². The Hall–Kier alpha value is -1.76. The van der Waals surface area contributed by atoms with Crippen molar-refractivity contribution >= 4 is 11.9 Å². The van der Waals surface area contributed by atoms with Gasteiger partial charge in [-0.05, 0) is 50.9 Å². The van der Waals surface area contributed by atoms with Crippen LogP contribution in [0.15, 0.2) is 16.5 Å². The van der Waals surface area contributed by atoms with Gasteiger partial charge in [-0.15, -0.1) is 0 Å². The molecule has 0 spiro atoms. The molecule has 2 atom stereocenters. The molecule has 6 rings (SSSR count). The van der Waals surface area contributed by atoms with Crippen LogP contribution in [0.1, 0.15) is 65.7 Å². The zero-order valence-corrected chi connectivity index (χ0v) is 17.3. The summed E-state index contributed by atoms with van der Waals surface area (Å²) in [4.78, 5) is 22.2. The van der Waals surface area contributed by atoms with Gasteiger partial charge in [0.1, 0.15) is 17.4 Å². The van der Waals surface area contributed by atoms with E-state index in [9.17, 15) is 9.90 Å². The maximum absolute atomic E-state index is 13.2. The molecule has 2 bridgehead atoms. The molecule has 4 fully saturated rings. The van der Waals surface area contributed by atoms with Crippen LogP contribution in [0.4, 0.5) is 4.79 Å². The highest BCUT2D eigenvalue weighted by Gasteiger charge is 2.54. The zero-order chi connectivity index (χ0) is 19.7. The molecule has 3 aliphatic carbocycles. The molecule has 3 aliphatic heterocycles. The Bertz CT molecular complexity index is 733. The lowest BCUT2D eigenvalue weighted by Gasteiger charge is -2.50. The van der Waals surface area contributed by atoms with Gasteiger partial charge in [0, 0.05) is 24.5 Å². The van der Waals surface area contributed by atoms with E-state index in [1.54, 1.807) is 0 Å². The Morgan fingerprint density at radius 1 is 1.21 bits per heavy atom. The Morgan fingerprint density at radius 3 is 2.50 bits per heavy atom. The lowest BCUT2D eigenvalue weighted by molar-refractivity contribution is -0.0705. The number of nitrogens with one attached hydrogen (secondary N) is 2. The van der Waals surface area contributed by atoms with E-state index in [4.69, 9.17) is 4.99 Å². The van der Waals surface area contributed by atoms with Gasteiger partial charge in [-0.2, -0.15) is 0 Å². The van der Waals surface area contributed by atoms with Gasteiger partial charge in [0.25, 0.3) is 0 Å². The van der Waals surface area contributed by atoms with Gasteiger partial charge >= 0.3 is 6.03 Å². The highest BCUT2D eigenvalue weighted by atomic mass is 16.3. The van der Waals surface area contributed by atoms with Crippen LogP contribution >= 0.6 is 0 Å². The fourth-order valence-electron chi connectivity index (χ4n) is 5.69. The molecule has 6 aliphatic rings. The molecule has 3 heterocycles. The fourth-order valence-corrected chi connectivity index (χ4v) is 5.69. The van der Waals surface area contributed by atoms with Crippen molar-refractivity contribution in [1.29, 1.82) is 0 Å². The number of rotatable bonds is 4. The summed E-state index contributed by atoms with van der Waals surface area (Å²) in [6.45, 7) is 7.94. The van der Waals surface area contributed by atoms with Crippen molar-refractivity contribution in [1.82, 2.24) is 20.4 Å². The van der Waals surface area contributed by atoms with Crippen molar-refractivity contribution < 1.29 is 9.90 Å². The quantitative estimate of drug-likeness (QED) is 0.692. The summed E-state index contributed by atoms with van der Waals surface area (Å²) in [5, 5.41) is 17.9. The minimum atomic E-state index is -0.450. The number of urea groups is 1. The second-order valence-electron chi connectivity index (χ2n) is 9.82. The van der Waals surface area contributed by atoms with E-state index in [0.29, 0.717) is 12.5 Å². The van der Waals surface area contributed by atoms with Crippen LogP contribution in [0.2, 0.25) is 0 Å². The second kappa shape index (κ2) is 6.12. The van der Waals surface area contributed by atoms with E-state index in [1.807, 2.05) is 9.80 Å². The van der Waals surface area contributed by atoms with Crippen molar-refractivity contribution in [2.45, 2.75) is 83.5 Å². The summed E-state index contributed by atoms with van der Waals surface area (Å²) in [6.07, 6.45) is 6.23. The standard InChI is InChI=1S/C21H33N5O2/c1-4-11-25-17-15(16-22-14(13(2)3)12-26(16)19(25)27)23-18(24-17)20-5-8-21(28,9-6-20)10-7-20/h13-14,17,22,28H,4-12H2,1-3H3,(H,23,24). The molecule has 1 saturated heterocycles. The molecule has 7 nitrogen and oxygen atoms in total. The Morgan fingerprint density at radius 2 is 1.89 bits per heavy atom. The van der Waals surface area contributed by atoms with Crippen molar-refractivity contribution in [2.24, 2.45) is 16.3 Å². The predicted octanol–water partition coefficient (Wildman–Crippen LogP) is 2.34. The summed E-state index contributed by atoms with van der Waals surface area (Å²) < 4.78 is 0. The molecule has 0 aromatic carbocycles. The molecule has 2 unspecified atom stereocenters. The number of aliphatic imine (C=N–C) groups is 1. The molecule has 0 aromatic heterocycles. The van der Waals surface area contributed by atoms with E-state index in [-0.39, 0.29) is 23.7 Å². The van der Waals surface area contributed by atoms with Crippen LogP contribution in [0.5, 0.6) is 0 Å². The first kappa shape index (κ1) is 18.3. The van der Waals surface area contributed by atoms with Gasteiger partial charge in [-0.1, -0.05) is 20.8 Å². The zero-order valence-electron chi connectivity index (χ0n) is 17.3. The number of aliphatic hydroxyl groups is 1. The minimum absolute atomic E-state index is 0.0389. The monoisotopic (exact) mass is 387 g/mol. The first-order chi connectivity index (χ1) is 13.4. The van der Waals surface area contributed by atoms with Gasteiger partial charge in [0.15, 0.2) is 6.17 Å². The normalized spacial score (nSPS) is 39.2. The van der Waals surface area contributed by atoms with E-state index < -0.39 is 5.60 Å². The molecular weight excluding hydrogens is 354 g/mol. The van der Waals surface area contributed by atoms with Gasteiger partial charge in [0.05, 0.1) is 5.60 Å². The summed E-state index contributed by atoms with van der Waals surface area (Å²) in [7, 11) is 0. The third-order valence-corrected chi connectivity index (χ3v) is 7.74. The largest absolute Gasteiger partial charge is 0.390 e. The topological polar surface area (TPSA) is 80.2 Å². The molecule has 7 heteroatoms. The highest BCUT2D eigenvalue weighted by Crippen LogP contribution is 2.53. The number of fused-ring (bicyclic) bond motifs is 5. The maximum Gasteiger partial charge on any atom is 0.327 e. The second-order valence-corrected chi connectivity index (χ2v) is 9.82. The van der Waals surface area contributed by atoms with Crippen LogP contribution in [-0.4, -0.2) is 57.7 Å². The van der Waals surface area contributed by atoms with Crippen LogP contribution in [0, 0.1) is 11.3 Å². The average Bonchev–Trinajstić information content (AvgIpc) is 3.31. The fraction of sp³-hybridized carbons (Fsp3) is 0.810. The van der Waals surface area contributed by atoms with Crippen molar-refractivity contribution in [3.8, 4) is 0 Å². The van der Waals surface area contributed by atoms with Crippen molar-refractivity contribution in [3.05, 3.63) is 11.5 Å². The smallest absolute Gasteiger partial charge is 0.327 e. The van der Waals surface area contributed by atoms with E-state index >= 15 is 0 Å². The SMILES string of the molecule is CCCN1C(=O)N2CC(C(C)C)NC2=C2NC(C34CCC(O)(CC3)CC4)=NC21. The van der Waals surface area contributed by atoms with Gasteiger partial charge < -0.3 is 15.7 Å². The maximum atomic E-state index is 13.2. The summed E-state index contributed by atoms with van der Waals surface area (Å²) in [5.74, 6) is 2.44. The lowest BCUT2D eigenvalue weighted by atomic mass is 9.58. The number of nitrogens with zero attached hydrogens (tertiary/aromatic N) is 3. The third kappa shape index (κ3) is 2.51. The number of hydrogen-bond acceptors (Lipinski definition) is 5. The third-order valence-electron chi connectivity index (χ3n) is 7.74. The number of hydrogen-bond donors (Lipinski definition) is 3. The van der Waals surface area contributed by atoms with Crippen LogP contribution in [0.25, 0.3) is 0 Å². The summed E-state index contributed by atoms with van der Waals surface area (Å²) >= 11 is 0. The first-order valence-electron chi connectivity index (χ1n) is 11.0. The van der Waals surface area contributed by atoms with Crippen LogP contribution in [-0.2, 0) is 0 Å². The predicted molar refractivity (Wildman–Crippen MR) is 107 cm³/mol. The molecule has 0 aromatic rings. The summed E-state index contributed by atoms with van der Waals surface area (Å²) in [5.41, 5.74) is 0.637. The highest BCUT2D eigenvalue weighted by molar-refractivity contribution is 5.94. The Labute approximate surface area is 167 Å². The molecule has 0 radical (unpaired) electrons.